The molecule has 3 aromatic rings. The van der Waals surface area contributed by atoms with E-state index in [1.165, 1.54) is 31.4 Å². The van der Waals surface area contributed by atoms with Crippen molar-refractivity contribution in [2.24, 2.45) is 0 Å². The number of amides is 5. The predicted molar refractivity (Wildman–Crippen MR) is 153 cm³/mol. The highest BCUT2D eigenvalue weighted by molar-refractivity contribution is 9.10. The second kappa shape index (κ2) is 12.0. The fourth-order valence-electron chi connectivity index (χ4n) is 3.90. The number of halogens is 1. The average molecular weight is 623 g/mol. The molecule has 0 aliphatic carbocycles. The Morgan fingerprint density at radius 1 is 1.07 bits per heavy atom. The third kappa shape index (κ3) is 6.41. The molecule has 41 heavy (non-hydrogen) atoms. The van der Waals surface area contributed by atoms with Crippen LogP contribution in [0.25, 0.3) is 6.08 Å². The molecule has 4 rings (SSSR count). The van der Waals surface area contributed by atoms with Gasteiger partial charge in [-0.1, -0.05) is 6.07 Å². The van der Waals surface area contributed by atoms with Crippen molar-refractivity contribution in [1.82, 2.24) is 5.32 Å². The number of barbiturate groups is 1. The van der Waals surface area contributed by atoms with Gasteiger partial charge in [-0.05, 0) is 88.9 Å². The lowest BCUT2D eigenvalue weighted by Crippen LogP contribution is -2.54. The number of non-ortho nitro benzene ring substituents is 1. The van der Waals surface area contributed by atoms with Crippen LogP contribution in [0.15, 0.2) is 64.6 Å². The molecule has 0 aromatic heterocycles. The van der Waals surface area contributed by atoms with E-state index in [-0.39, 0.29) is 35.1 Å². The van der Waals surface area contributed by atoms with Crippen molar-refractivity contribution in [3.8, 4) is 11.5 Å². The lowest BCUT2D eigenvalue weighted by molar-refractivity contribution is -0.384. The first-order valence-corrected chi connectivity index (χ1v) is 12.8. The Balaban J connectivity index is 1.55. The van der Waals surface area contributed by atoms with Gasteiger partial charge < -0.3 is 14.8 Å². The highest BCUT2D eigenvalue weighted by Crippen LogP contribution is 2.37. The van der Waals surface area contributed by atoms with Gasteiger partial charge >= 0.3 is 6.03 Å². The molecule has 13 heteroatoms. The lowest BCUT2D eigenvalue weighted by atomic mass is 10.1. The smallest absolute Gasteiger partial charge is 0.335 e. The molecule has 0 radical (unpaired) electrons. The molecule has 1 aliphatic heterocycles. The second-order valence-electron chi connectivity index (χ2n) is 8.90. The molecule has 2 N–H and O–H groups in total. The molecule has 0 bridgehead atoms. The van der Waals surface area contributed by atoms with Crippen LogP contribution >= 0.6 is 15.9 Å². The Morgan fingerprint density at radius 3 is 2.41 bits per heavy atom. The standard InChI is InChI=1S/C28H23BrN4O8/c1-15-4-5-18(10-16(15)2)30-24(34)14-41-25-22(29)12-17(13-23(25)40-3)11-21-26(35)31-28(37)32(27(21)36)19-6-8-20(9-7-19)33(38)39/h4-13H,14H2,1-3H3,(H,30,34)(H,31,35,37)/b21-11-. The van der Waals surface area contributed by atoms with Gasteiger partial charge in [0.15, 0.2) is 18.1 Å². The predicted octanol–water partition coefficient (Wildman–Crippen LogP) is 4.67. The maximum absolute atomic E-state index is 13.2. The molecule has 1 aliphatic rings. The number of hydrogen-bond acceptors (Lipinski definition) is 8. The van der Waals surface area contributed by atoms with Crippen LogP contribution < -0.4 is 25.0 Å². The Kier molecular flexibility index (Phi) is 8.48. The monoisotopic (exact) mass is 622 g/mol. The average Bonchev–Trinajstić information content (AvgIpc) is 2.92. The van der Waals surface area contributed by atoms with Gasteiger partial charge in [-0.2, -0.15) is 0 Å². The van der Waals surface area contributed by atoms with Gasteiger partial charge in [0.05, 0.1) is 22.2 Å². The summed E-state index contributed by atoms with van der Waals surface area (Å²) >= 11 is 3.37. The van der Waals surface area contributed by atoms with Gasteiger partial charge in [0.25, 0.3) is 23.4 Å². The highest BCUT2D eigenvalue weighted by Gasteiger charge is 2.37. The van der Waals surface area contributed by atoms with E-state index in [1.54, 1.807) is 12.1 Å². The van der Waals surface area contributed by atoms with Gasteiger partial charge in [0.1, 0.15) is 5.57 Å². The zero-order valence-electron chi connectivity index (χ0n) is 22.0. The minimum Gasteiger partial charge on any atom is -0.493 e. The molecule has 5 amide bonds. The molecule has 0 saturated carbocycles. The summed E-state index contributed by atoms with van der Waals surface area (Å²) in [5, 5.41) is 15.8. The minimum atomic E-state index is -0.993. The van der Waals surface area contributed by atoms with Gasteiger partial charge in [-0.15, -0.1) is 0 Å². The number of nitrogens with zero attached hydrogens (tertiary/aromatic N) is 2. The Morgan fingerprint density at radius 2 is 1.78 bits per heavy atom. The summed E-state index contributed by atoms with van der Waals surface area (Å²) in [4.78, 5) is 61.7. The van der Waals surface area contributed by atoms with E-state index in [4.69, 9.17) is 9.47 Å². The van der Waals surface area contributed by atoms with Gasteiger partial charge in [-0.25, -0.2) is 9.69 Å². The number of carbonyl (C=O) groups is 4. The SMILES string of the molecule is COc1cc(/C=C2/C(=O)NC(=O)N(c3ccc([N+](=O)[O-])cc3)C2=O)cc(Br)c1OCC(=O)Nc1ccc(C)c(C)c1. The number of hydrogen-bond donors (Lipinski definition) is 2. The van der Waals surface area contributed by atoms with Crippen molar-refractivity contribution in [2.45, 2.75) is 13.8 Å². The maximum atomic E-state index is 13.2. The summed E-state index contributed by atoms with van der Waals surface area (Å²) in [7, 11) is 1.38. The summed E-state index contributed by atoms with van der Waals surface area (Å²) in [6.07, 6.45) is 1.26. The number of benzene rings is 3. The molecule has 0 spiro atoms. The third-order valence-electron chi connectivity index (χ3n) is 6.12. The van der Waals surface area contributed by atoms with E-state index >= 15 is 0 Å². The van der Waals surface area contributed by atoms with E-state index in [0.717, 1.165) is 23.3 Å². The number of aryl methyl sites for hydroxylation is 2. The van der Waals surface area contributed by atoms with Crippen molar-refractivity contribution in [3.05, 3.63) is 91.4 Å². The number of ether oxygens (including phenoxy) is 2. The van der Waals surface area contributed by atoms with Gasteiger partial charge in [0, 0.05) is 17.8 Å². The molecule has 1 fully saturated rings. The number of nitrogens with one attached hydrogen (secondary N) is 2. The number of imide groups is 2. The van der Waals surface area contributed by atoms with Crippen LogP contribution in [-0.4, -0.2) is 42.4 Å². The number of rotatable bonds is 8. The molecule has 3 aromatic carbocycles. The van der Waals surface area contributed by atoms with E-state index in [9.17, 15) is 29.3 Å². The molecule has 0 unspecified atom stereocenters. The normalized spacial score (nSPS) is 14.1. The van der Waals surface area contributed by atoms with Gasteiger partial charge in [0.2, 0.25) is 0 Å². The number of nitro groups is 1. The number of carbonyl (C=O) groups excluding carboxylic acids is 4. The fourth-order valence-corrected chi connectivity index (χ4v) is 4.47. The molecule has 12 nitrogen and oxygen atoms in total. The van der Waals surface area contributed by atoms with Crippen LogP contribution in [0.3, 0.4) is 0 Å². The van der Waals surface area contributed by atoms with Crippen LogP contribution in [0.5, 0.6) is 11.5 Å². The Hall–Kier alpha value is -5.04. The summed E-state index contributed by atoms with van der Waals surface area (Å²) in [5.74, 6) is -1.82. The van der Waals surface area contributed by atoms with Crippen LogP contribution in [0, 0.1) is 24.0 Å². The molecule has 210 valence electrons. The summed E-state index contributed by atoms with van der Waals surface area (Å²) in [6, 6.07) is 12.3. The van der Waals surface area contributed by atoms with Gasteiger partial charge in [-0.3, -0.25) is 29.8 Å². The molecule has 1 heterocycles. The zero-order valence-corrected chi connectivity index (χ0v) is 23.6. The van der Waals surface area contributed by atoms with E-state index in [0.29, 0.717) is 20.6 Å². The quantitative estimate of drug-likeness (QED) is 0.159. The van der Waals surface area contributed by atoms with E-state index in [1.807, 2.05) is 26.0 Å². The van der Waals surface area contributed by atoms with Crippen LogP contribution in [0.4, 0.5) is 21.9 Å². The summed E-state index contributed by atoms with van der Waals surface area (Å²) in [5.41, 5.74) is 2.55. The number of anilines is 2. The number of nitro benzene ring substituents is 1. The van der Waals surface area contributed by atoms with E-state index < -0.39 is 28.7 Å². The van der Waals surface area contributed by atoms with Crippen LogP contribution in [-0.2, 0) is 14.4 Å². The fraction of sp³-hybridized carbons (Fsp3) is 0.143. The van der Waals surface area contributed by atoms with Crippen molar-refractivity contribution in [2.75, 3.05) is 23.9 Å². The Bertz CT molecular complexity index is 1620. The summed E-state index contributed by atoms with van der Waals surface area (Å²) < 4.78 is 11.5. The zero-order chi connectivity index (χ0) is 29.8. The van der Waals surface area contributed by atoms with Crippen LogP contribution in [0.1, 0.15) is 16.7 Å². The highest BCUT2D eigenvalue weighted by atomic mass is 79.9. The molecule has 1 saturated heterocycles. The van der Waals surface area contributed by atoms with Crippen molar-refractivity contribution in [3.63, 3.8) is 0 Å². The number of methoxy groups -OCH3 is 1. The van der Waals surface area contributed by atoms with Crippen molar-refractivity contribution >= 4 is 62.8 Å². The Labute approximate surface area is 242 Å². The van der Waals surface area contributed by atoms with E-state index in [2.05, 4.69) is 26.6 Å². The van der Waals surface area contributed by atoms with Crippen molar-refractivity contribution in [1.29, 1.82) is 0 Å². The molecule has 0 atom stereocenters. The minimum absolute atomic E-state index is 0.0399. The summed E-state index contributed by atoms with van der Waals surface area (Å²) in [6.45, 7) is 3.59. The third-order valence-corrected chi connectivity index (χ3v) is 6.71. The second-order valence-corrected chi connectivity index (χ2v) is 9.76. The molecular weight excluding hydrogens is 600 g/mol. The molecular formula is C28H23BrN4O8. The first kappa shape index (κ1) is 29.0. The van der Waals surface area contributed by atoms with Crippen molar-refractivity contribution < 1.29 is 33.6 Å². The topological polar surface area (TPSA) is 157 Å². The first-order valence-electron chi connectivity index (χ1n) is 12.0. The largest absolute Gasteiger partial charge is 0.493 e. The number of urea groups is 1. The van der Waals surface area contributed by atoms with Crippen LogP contribution in [0.2, 0.25) is 0 Å². The first-order chi connectivity index (χ1) is 19.5. The maximum Gasteiger partial charge on any atom is 0.335 e. The lowest BCUT2D eigenvalue weighted by Gasteiger charge is -2.26.